The topological polar surface area (TPSA) is 3.24 Å². The Labute approximate surface area is 346 Å². The molecule has 1 heterocycles. The van der Waals surface area contributed by atoms with Crippen LogP contribution in [0.2, 0.25) is 0 Å². The summed E-state index contributed by atoms with van der Waals surface area (Å²) >= 11 is 0. The molecule has 1 nitrogen and oxygen atoms in total. The Morgan fingerprint density at radius 1 is 0.424 bits per heavy atom. The lowest BCUT2D eigenvalue weighted by Crippen LogP contribution is -2.54. The molecule has 2 atom stereocenters. The molecule has 12 rings (SSSR count). The predicted octanol–water partition coefficient (Wildman–Crippen LogP) is 16.3. The van der Waals surface area contributed by atoms with Crippen molar-refractivity contribution in [1.29, 1.82) is 0 Å². The maximum atomic E-state index is 2.74. The molecule has 0 radical (unpaired) electrons. The van der Waals surface area contributed by atoms with Crippen molar-refractivity contribution in [3.8, 4) is 33.4 Å². The highest BCUT2D eigenvalue weighted by Gasteiger charge is 2.58. The molecule has 284 valence electrons. The molecule has 1 saturated carbocycles. The smallest absolute Gasteiger partial charge is 0.0518 e. The molecular formula is C58H47N. The lowest BCUT2D eigenvalue weighted by molar-refractivity contribution is 0.194. The Kier molecular flexibility index (Phi) is 7.35. The summed E-state index contributed by atoms with van der Waals surface area (Å²) < 4.78 is 0. The molecule has 10 aromatic carbocycles. The highest BCUT2D eigenvalue weighted by molar-refractivity contribution is 6.31. The van der Waals surface area contributed by atoms with E-state index in [1.54, 1.807) is 5.56 Å². The second kappa shape index (κ2) is 12.5. The van der Waals surface area contributed by atoms with Gasteiger partial charge in [0, 0.05) is 16.8 Å². The van der Waals surface area contributed by atoms with Crippen LogP contribution in [0.3, 0.4) is 0 Å². The number of benzene rings is 10. The first-order valence-electron chi connectivity index (χ1n) is 21.6. The maximum absolute atomic E-state index is 2.74. The standard InChI is InChI=1S/C58H47N/c1-36-34-50(37(2)55-56(36)59(41-20-6-5-7-21-41)58(4)33-13-12-32-57(55,58)3)52-35-51(45-25-15-19-39-17-9-11-23-43(39)45)48-29-27-40-26-28-46(47-30-31-49(52)54(48)53(40)47)44-24-14-18-38-16-8-10-22-42(38)44/h5-11,14-31,34-35H,12-13,32-33H2,1-4H3. The van der Waals surface area contributed by atoms with E-state index in [0.717, 1.165) is 0 Å². The minimum atomic E-state index is -0.0160. The van der Waals surface area contributed by atoms with E-state index in [1.807, 2.05) is 0 Å². The molecule has 1 fully saturated rings. The molecule has 2 aliphatic rings. The fourth-order valence-corrected chi connectivity index (χ4v) is 12.1. The van der Waals surface area contributed by atoms with Crippen molar-refractivity contribution < 1.29 is 0 Å². The summed E-state index contributed by atoms with van der Waals surface area (Å²) in [6.45, 7) is 9.96. The van der Waals surface area contributed by atoms with Gasteiger partial charge in [0.1, 0.15) is 0 Å². The average molecular weight is 758 g/mol. The van der Waals surface area contributed by atoms with E-state index in [0.29, 0.717) is 0 Å². The van der Waals surface area contributed by atoms with Crippen LogP contribution < -0.4 is 4.90 Å². The molecule has 1 aliphatic carbocycles. The van der Waals surface area contributed by atoms with E-state index in [-0.39, 0.29) is 11.0 Å². The number of fused-ring (bicyclic) bond motifs is 5. The summed E-state index contributed by atoms with van der Waals surface area (Å²) in [6.07, 6.45) is 4.91. The molecule has 0 N–H and O–H groups in total. The molecule has 1 heteroatoms. The zero-order valence-electron chi connectivity index (χ0n) is 34.4. The third-order valence-electron chi connectivity index (χ3n) is 15.0. The third kappa shape index (κ3) is 4.68. The van der Waals surface area contributed by atoms with Crippen LogP contribution in [-0.4, -0.2) is 5.54 Å². The van der Waals surface area contributed by atoms with Gasteiger partial charge in [-0.15, -0.1) is 0 Å². The number of aryl methyl sites for hydroxylation is 1. The van der Waals surface area contributed by atoms with Gasteiger partial charge in [-0.05, 0) is 162 Å². The van der Waals surface area contributed by atoms with Crippen LogP contribution in [0, 0.1) is 13.8 Å². The average Bonchev–Trinajstić information content (AvgIpc) is 3.50. The SMILES string of the molecule is Cc1cc(-c2cc(-c3cccc4ccccc34)c3ccc4ccc(-c5cccc6ccccc56)c5ccc2c3c45)c(C)c2c1N(c1ccccc1)C1(C)CCCCC21C. The number of rotatable bonds is 4. The molecule has 10 aromatic rings. The zero-order valence-corrected chi connectivity index (χ0v) is 34.4. The number of nitrogens with zero attached hydrogens (tertiary/aromatic N) is 1. The largest absolute Gasteiger partial charge is 0.334 e. The Balaban J connectivity index is 1.20. The third-order valence-corrected chi connectivity index (χ3v) is 15.0. The second-order valence-electron chi connectivity index (χ2n) is 18.0. The van der Waals surface area contributed by atoms with Gasteiger partial charge in [-0.1, -0.05) is 159 Å². The normalized spacial score (nSPS) is 19.0. The summed E-state index contributed by atoms with van der Waals surface area (Å²) in [5.41, 5.74) is 14.9. The molecule has 59 heavy (non-hydrogen) atoms. The van der Waals surface area contributed by atoms with Crippen molar-refractivity contribution >= 4 is 65.2 Å². The monoisotopic (exact) mass is 757 g/mol. The number of anilines is 2. The van der Waals surface area contributed by atoms with Gasteiger partial charge in [0.2, 0.25) is 0 Å². The fraction of sp³-hybridized carbons (Fsp3) is 0.172. The van der Waals surface area contributed by atoms with E-state index >= 15 is 0 Å². The van der Waals surface area contributed by atoms with Crippen molar-refractivity contribution in [1.82, 2.24) is 0 Å². The first-order chi connectivity index (χ1) is 28.9. The van der Waals surface area contributed by atoms with Gasteiger partial charge in [0.25, 0.3) is 0 Å². The maximum Gasteiger partial charge on any atom is 0.0518 e. The van der Waals surface area contributed by atoms with Gasteiger partial charge in [-0.3, -0.25) is 0 Å². The van der Waals surface area contributed by atoms with Crippen molar-refractivity contribution in [2.45, 2.75) is 64.3 Å². The molecule has 0 bridgehead atoms. The lowest BCUT2D eigenvalue weighted by Gasteiger charge is -2.50. The van der Waals surface area contributed by atoms with Gasteiger partial charge in [0.05, 0.1) is 5.54 Å². The Morgan fingerprint density at radius 3 is 1.68 bits per heavy atom. The van der Waals surface area contributed by atoms with Crippen LogP contribution in [0.25, 0.3) is 87.2 Å². The molecule has 0 saturated heterocycles. The van der Waals surface area contributed by atoms with Crippen LogP contribution in [0.5, 0.6) is 0 Å². The first-order valence-corrected chi connectivity index (χ1v) is 21.6. The van der Waals surface area contributed by atoms with Crippen LogP contribution >= 0.6 is 0 Å². The van der Waals surface area contributed by atoms with Crippen LogP contribution in [-0.2, 0) is 5.41 Å². The molecule has 2 unspecified atom stereocenters. The molecule has 1 aliphatic heterocycles. The molecule has 0 amide bonds. The lowest BCUT2D eigenvalue weighted by atomic mass is 9.60. The van der Waals surface area contributed by atoms with E-state index in [4.69, 9.17) is 0 Å². The summed E-state index contributed by atoms with van der Waals surface area (Å²) in [5, 5.41) is 13.1. The van der Waals surface area contributed by atoms with Crippen LogP contribution in [0.1, 0.15) is 56.2 Å². The quantitative estimate of drug-likeness (QED) is 0.162. The highest BCUT2D eigenvalue weighted by Crippen LogP contribution is 2.63. The predicted molar refractivity (Wildman–Crippen MR) is 254 cm³/mol. The van der Waals surface area contributed by atoms with E-state index < -0.39 is 0 Å². The highest BCUT2D eigenvalue weighted by atomic mass is 15.3. The van der Waals surface area contributed by atoms with E-state index in [9.17, 15) is 0 Å². The van der Waals surface area contributed by atoms with Gasteiger partial charge >= 0.3 is 0 Å². The number of hydrogen-bond acceptors (Lipinski definition) is 1. The number of para-hydroxylation sites is 1. The molecule has 0 aromatic heterocycles. The first kappa shape index (κ1) is 34.6. The summed E-state index contributed by atoms with van der Waals surface area (Å²) in [6, 6.07) is 61.9. The van der Waals surface area contributed by atoms with E-state index in [1.165, 1.54) is 135 Å². The van der Waals surface area contributed by atoms with Crippen molar-refractivity contribution in [3.05, 3.63) is 180 Å². The Hall–Kier alpha value is -6.44. The van der Waals surface area contributed by atoms with Gasteiger partial charge in [-0.25, -0.2) is 0 Å². The Morgan fingerprint density at radius 2 is 0.966 bits per heavy atom. The minimum absolute atomic E-state index is 0.0108. The van der Waals surface area contributed by atoms with Crippen molar-refractivity contribution in [2.24, 2.45) is 0 Å². The summed E-state index contributed by atoms with van der Waals surface area (Å²) in [4.78, 5) is 2.74. The van der Waals surface area contributed by atoms with Crippen LogP contribution in [0.4, 0.5) is 11.4 Å². The van der Waals surface area contributed by atoms with Crippen molar-refractivity contribution in [3.63, 3.8) is 0 Å². The molecule has 0 spiro atoms. The van der Waals surface area contributed by atoms with Gasteiger partial charge in [-0.2, -0.15) is 0 Å². The van der Waals surface area contributed by atoms with Gasteiger partial charge in [0.15, 0.2) is 0 Å². The summed E-state index contributed by atoms with van der Waals surface area (Å²) in [5.74, 6) is 0. The number of hydrogen-bond donors (Lipinski definition) is 0. The zero-order chi connectivity index (χ0) is 39.6. The molecular weight excluding hydrogens is 711 g/mol. The van der Waals surface area contributed by atoms with E-state index in [2.05, 4.69) is 196 Å². The van der Waals surface area contributed by atoms with Crippen LogP contribution in [0.15, 0.2) is 164 Å². The summed E-state index contributed by atoms with van der Waals surface area (Å²) in [7, 11) is 0. The van der Waals surface area contributed by atoms with Crippen molar-refractivity contribution in [2.75, 3.05) is 4.90 Å². The second-order valence-corrected chi connectivity index (χ2v) is 18.0. The van der Waals surface area contributed by atoms with Gasteiger partial charge < -0.3 is 4.90 Å². The minimum Gasteiger partial charge on any atom is -0.334 e. The Bertz CT molecular complexity index is 3330. The fourth-order valence-electron chi connectivity index (χ4n) is 12.1.